The molecule has 5 nitrogen and oxygen atoms in total. The summed E-state index contributed by atoms with van der Waals surface area (Å²) in [6.45, 7) is 5.94. The SMILES string of the molecule is CCc1ccc(S(=O)(=O)NCc2cc3cc(C)c(C)cc3[nH]c2=O)cc1. The van der Waals surface area contributed by atoms with Crippen LogP contribution in [0.1, 0.15) is 29.2 Å². The van der Waals surface area contributed by atoms with E-state index in [0.29, 0.717) is 5.56 Å². The van der Waals surface area contributed by atoms with Crippen LogP contribution >= 0.6 is 0 Å². The Balaban J connectivity index is 1.87. The number of hydrogen-bond donors (Lipinski definition) is 2. The molecule has 0 spiro atoms. The molecule has 0 fully saturated rings. The summed E-state index contributed by atoms with van der Waals surface area (Å²) in [4.78, 5) is 15.3. The fourth-order valence-corrected chi connectivity index (χ4v) is 3.82. The third-order valence-corrected chi connectivity index (χ3v) is 6.05. The van der Waals surface area contributed by atoms with Gasteiger partial charge in [-0.1, -0.05) is 19.1 Å². The Kier molecular flexibility index (Phi) is 4.98. The molecule has 136 valence electrons. The Hall–Kier alpha value is -2.44. The molecule has 2 N–H and O–H groups in total. The summed E-state index contributed by atoms with van der Waals surface area (Å²) in [5.74, 6) is 0. The molecule has 1 aromatic heterocycles. The number of hydrogen-bond acceptors (Lipinski definition) is 3. The maximum atomic E-state index is 12.5. The molecular weight excluding hydrogens is 348 g/mol. The number of aryl methyl sites for hydroxylation is 3. The predicted octanol–water partition coefficient (Wildman–Crippen LogP) is 3.19. The van der Waals surface area contributed by atoms with Crippen molar-refractivity contribution in [2.45, 2.75) is 38.6 Å². The maximum Gasteiger partial charge on any atom is 0.252 e. The maximum absolute atomic E-state index is 12.5. The van der Waals surface area contributed by atoms with Gasteiger partial charge >= 0.3 is 0 Å². The van der Waals surface area contributed by atoms with Gasteiger partial charge in [0.2, 0.25) is 10.0 Å². The summed E-state index contributed by atoms with van der Waals surface area (Å²) in [5.41, 5.74) is 4.13. The van der Waals surface area contributed by atoms with Crippen LogP contribution in [0, 0.1) is 13.8 Å². The van der Waals surface area contributed by atoms with Crippen LogP contribution in [0.15, 0.2) is 52.2 Å². The van der Waals surface area contributed by atoms with E-state index in [2.05, 4.69) is 9.71 Å². The predicted molar refractivity (Wildman–Crippen MR) is 104 cm³/mol. The Morgan fingerprint density at radius 2 is 1.65 bits per heavy atom. The summed E-state index contributed by atoms with van der Waals surface area (Å²) in [6, 6.07) is 12.4. The highest BCUT2D eigenvalue weighted by molar-refractivity contribution is 7.89. The van der Waals surface area contributed by atoms with Crippen molar-refractivity contribution in [2.75, 3.05) is 0 Å². The van der Waals surface area contributed by atoms with Gasteiger partial charge in [0.15, 0.2) is 0 Å². The van der Waals surface area contributed by atoms with E-state index in [0.717, 1.165) is 34.0 Å². The fourth-order valence-electron chi connectivity index (χ4n) is 2.81. The first-order valence-electron chi connectivity index (χ1n) is 8.52. The highest BCUT2D eigenvalue weighted by Gasteiger charge is 2.15. The van der Waals surface area contributed by atoms with Gasteiger partial charge in [-0.3, -0.25) is 4.79 Å². The molecule has 26 heavy (non-hydrogen) atoms. The van der Waals surface area contributed by atoms with Crippen molar-refractivity contribution < 1.29 is 8.42 Å². The van der Waals surface area contributed by atoms with Crippen molar-refractivity contribution in [2.24, 2.45) is 0 Å². The largest absolute Gasteiger partial charge is 0.322 e. The van der Waals surface area contributed by atoms with Crippen LogP contribution in [-0.4, -0.2) is 13.4 Å². The lowest BCUT2D eigenvalue weighted by molar-refractivity contribution is 0.581. The van der Waals surface area contributed by atoms with Gasteiger partial charge in [-0.05, 0) is 72.7 Å². The molecule has 0 radical (unpaired) electrons. The number of aromatic nitrogens is 1. The van der Waals surface area contributed by atoms with Gasteiger partial charge in [0.25, 0.3) is 5.56 Å². The summed E-state index contributed by atoms with van der Waals surface area (Å²) < 4.78 is 27.4. The molecule has 0 atom stereocenters. The summed E-state index contributed by atoms with van der Waals surface area (Å²) >= 11 is 0. The van der Waals surface area contributed by atoms with Crippen molar-refractivity contribution in [1.29, 1.82) is 0 Å². The van der Waals surface area contributed by atoms with Crippen molar-refractivity contribution in [3.05, 3.63) is 75.1 Å². The number of aromatic amines is 1. The molecule has 3 rings (SSSR count). The van der Waals surface area contributed by atoms with Crippen molar-refractivity contribution in [3.8, 4) is 0 Å². The van der Waals surface area contributed by atoms with E-state index in [1.54, 1.807) is 30.3 Å². The molecule has 0 aliphatic rings. The Bertz CT molecular complexity index is 1110. The van der Waals surface area contributed by atoms with E-state index in [9.17, 15) is 13.2 Å². The van der Waals surface area contributed by atoms with Gasteiger partial charge in [0.1, 0.15) is 0 Å². The third-order valence-electron chi connectivity index (χ3n) is 4.63. The lowest BCUT2D eigenvalue weighted by Gasteiger charge is -2.09. The summed E-state index contributed by atoms with van der Waals surface area (Å²) in [5, 5.41) is 0.884. The van der Waals surface area contributed by atoms with Gasteiger partial charge < -0.3 is 4.98 Å². The second kappa shape index (κ2) is 7.05. The quantitative estimate of drug-likeness (QED) is 0.724. The summed E-state index contributed by atoms with van der Waals surface area (Å²) in [6.07, 6.45) is 0.846. The number of nitrogens with one attached hydrogen (secondary N) is 2. The average molecular weight is 370 g/mol. The van der Waals surface area contributed by atoms with Crippen LogP contribution in [0.4, 0.5) is 0 Å². The van der Waals surface area contributed by atoms with Crippen LogP contribution in [0.25, 0.3) is 10.9 Å². The molecule has 0 aliphatic carbocycles. The van der Waals surface area contributed by atoms with Crippen LogP contribution in [0.5, 0.6) is 0 Å². The molecule has 0 aliphatic heterocycles. The van der Waals surface area contributed by atoms with E-state index in [1.807, 2.05) is 32.9 Å². The van der Waals surface area contributed by atoms with E-state index >= 15 is 0 Å². The van der Waals surface area contributed by atoms with E-state index < -0.39 is 10.0 Å². The van der Waals surface area contributed by atoms with Crippen molar-refractivity contribution in [1.82, 2.24) is 9.71 Å². The second-order valence-electron chi connectivity index (χ2n) is 6.47. The lowest BCUT2D eigenvalue weighted by atomic mass is 10.1. The van der Waals surface area contributed by atoms with Crippen LogP contribution in [0.2, 0.25) is 0 Å². The van der Waals surface area contributed by atoms with Crippen LogP contribution < -0.4 is 10.3 Å². The van der Waals surface area contributed by atoms with Crippen molar-refractivity contribution >= 4 is 20.9 Å². The zero-order valence-corrected chi connectivity index (χ0v) is 15.9. The van der Waals surface area contributed by atoms with Gasteiger partial charge in [-0.25, -0.2) is 13.1 Å². The monoisotopic (exact) mass is 370 g/mol. The number of rotatable bonds is 5. The molecule has 1 heterocycles. The zero-order valence-electron chi connectivity index (χ0n) is 15.1. The highest BCUT2D eigenvalue weighted by Crippen LogP contribution is 2.17. The minimum Gasteiger partial charge on any atom is -0.322 e. The van der Waals surface area contributed by atoms with E-state index in [-0.39, 0.29) is 17.0 Å². The molecular formula is C20H22N2O3S. The first kappa shape index (κ1) is 18.4. The second-order valence-corrected chi connectivity index (χ2v) is 8.24. The molecule has 0 unspecified atom stereocenters. The minimum absolute atomic E-state index is 0.0595. The zero-order chi connectivity index (χ0) is 18.9. The van der Waals surface area contributed by atoms with Gasteiger partial charge in [-0.15, -0.1) is 0 Å². The van der Waals surface area contributed by atoms with Gasteiger partial charge in [0.05, 0.1) is 4.90 Å². The molecule has 0 bridgehead atoms. The van der Waals surface area contributed by atoms with E-state index in [4.69, 9.17) is 0 Å². The number of fused-ring (bicyclic) bond motifs is 1. The number of benzene rings is 2. The van der Waals surface area contributed by atoms with Gasteiger partial charge in [0, 0.05) is 17.6 Å². The lowest BCUT2D eigenvalue weighted by Crippen LogP contribution is -2.27. The molecule has 3 aromatic rings. The van der Waals surface area contributed by atoms with Crippen LogP contribution in [-0.2, 0) is 23.0 Å². The standard InChI is InChI=1S/C20H22N2O3S/c1-4-15-5-7-18(8-6-15)26(24,25)21-12-17-11-16-9-13(2)14(3)10-19(16)22-20(17)23/h5-11,21H,4,12H2,1-3H3,(H,22,23). The van der Waals surface area contributed by atoms with E-state index in [1.165, 1.54) is 0 Å². The average Bonchev–Trinajstić information content (AvgIpc) is 2.61. The first-order valence-corrected chi connectivity index (χ1v) is 10.0. The topological polar surface area (TPSA) is 79.0 Å². The van der Waals surface area contributed by atoms with Crippen LogP contribution in [0.3, 0.4) is 0 Å². The summed E-state index contributed by atoms with van der Waals surface area (Å²) in [7, 11) is -3.67. The molecule has 2 aromatic carbocycles. The number of sulfonamides is 1. The number of H-pyrrole nitrogens is 1. The van der Waals surface area contributed by atoms with Crippen molar-refractivity contribution in [3.63, 3.8) is 0 Å². The fraction of sp³-hybridized carbons (Fsp3) is 0.250. The molecule has 6 heteroatoms. The Morgan fingerprint density at radius 1 is 1.00 bits per heavy atom. The Labute approximate surface area is 153 Å². The normalized spacial score (nSPS) is 11.8. The Morgan fingerprint density at radius 3 is 2.31 bits per heavy atom. The smallest absolute Gasteiger partial charge is 0.252 e. The molecule has 0 amide bonds. The van der Waals surface area contributed by atoms with Gasteiger partial charge in [-0.2, -0.15) is 0 Å². The highest BCUT2D eigenvalue weighted by atomic mass is 32.2. The molecule has 0 saturated heterocycles. The minimum atomic E-state index is -3.67. The first-order chi connectivity index (χ1) is 12.3. The third kappa shape index (κ3) is 3.71. The molecule has 0 saturated carbocycles. The number of pyridine rings is 1.